The monoisotopic (exact) mass is 232 g/mol. The van der Waals surface area contributed by atoms with E-state index in [9.17, 15) is 4.79 Å². The van der Waals surface area contributed by atoms with Gasteiger partial charge in [-0.1, -0.05) is 6.07 Å². The van der Waals surface area contributed by atoms with Gasteiger partial charge in [-0.2, -0.15) is 0 Å². The molecular weight excluding hydrogens is 216 g/mol. The van der Waals surface area contributed by atoms with Crippen LogP contribution in [-0.4, -0.2) is 11.6 Å². The maximum atomic E-state index is 11.6. The van der Waals surface area contributed by atoms with Crippen LogP contribution in [0.1, 0.15) is 43.1 Å². The summed E-state index contributed by atoms with van der Waals surface area (Å²) in [7, 11) is 0. The number of hydrogen-bond donors (Lipinski definition) is 0. The van der Waals surface area contributed by atoms with Crippen LogP contribution in [0, 0.1) is 6.92 Å². The second-order valence-electron chi connectivity index (χ2n) is 5.56. The highest BCUT2D eigenvalue weighted by Gasteiger charge is 2.40. The maximum Gasteiger partial charge on any atom is 0.310 e. The van der Waals surface area contributed by atoms with Crippen LogP contribution in [0.3, 0.4) is 0 Å². The zero-order valence-electron chi connectivity index (χ0n) is 10.4. The average molecular weight is 232 g/mol. The highest BCUT2D eigenvalue weighted by atomic mass is 16.6. The molecule has 0 saturated carbocycles. The molecule has 1 atom stereocenters. The largest absolute Gasteiger partial charge is 0.487 e. The first-order valence-corrected chi connectivity index (χ1v) is 5.96. The van der Waals surface area contributed by atoms with E-state index in [0.717, 1.165) is 28.9 Å². The minimum absolute atomic E-state index is 0.128. The lowest BCUT2D eigenvalue weighted by Gasteiger charge is -2.40. The van der Waals surface area contributed by atoms with E-state index < -0.39 is 0 Å². The van der Waals surface area contributed by atoms with Crippen LogP contribution < -0.4 is 4.74 Å². The molecule has 2 aliphatic heterocycles. The Morgan fingerprint density at radius 1 is 1.35 bits per heavy atom. The Labute approximate surface area is 101 Å². The Bertz CT molecular complexity index is 502. The molecule has 2 heterocycles. The molecule has 3 rings (SSSR count). The molecule has 2 aliphatic rings. The third-order valence-corrected chi connectivity index (χ3v) is 3.37. The number of ether oxygens (including phenoxy) is 2. The molecule has 0 radical (unpaired) electrons. The molecule has 0 amide bonds. The second kappa shape index (κ2) is 3.25. The van der Waals surface area contributed by atoms with Gasteiger partial charge in [-0.05, 0) is 38.0 Å². The molecule has 0 spiro atoms. The SMILES string of the molecule is Cc1cc2c3c(c1)OC(C)(C)CC3OC(=O)C2. The third kappa shape index (κ3) is 1.70. The molecule has 17 heavy (non-hydrogen) atoms. The van der Waals surface area contributed by atoms with Crippen molar-refractivity contribution < 1.29 is 14.3 Å². The molecule has 1 aromatic carbocycles. The van der Waals surface area contributed by atoms with Gasteiger partial charge >= 0.3 is 5.97 Å². The molecule has 3 nitrogen and oxygen atoms in total. The minimum Gasteiger partial charge on any atom is -0.487 e. The van der Waals surface area contributed by atoms with Gasteiger partial charge in [-0.25, -0.2) is 0 Å². The molecule has 1 aromatic rings. The molecule has 1 unspecified atom stereocenters. The molecular formula is C14H16O3. The number of hydrogen-bond acceptors (Lipinski definition) is 3. The van der Waals surface area contributed by atoms with Gasteiger partial charge in [0.15, 0.2) is 0 Å². The lowest BCUT2D eigenvalue weighted by Crippen LogP contribution is -2.38. The van der Waals surface area contributed by atoms with Crippen LogP contribution in [0.25, 0.3) is 0 Å². The summed E-state index contributed by atoms with van der Waals surface area (Å²) in [6.07, 6.45) is 0.956. The Morgan fingerprint density at radius 3 is 2.88 bits per heavy atom. The van der Waals surface area contributed by atoms with Crippen molar-refractivity contribution in [2.24, 2.45) is 0 Å². The number of esters is 1. The van der Waals surface area contributed by atoms with Crippen molar-refractivity contribution in [2.75, 3.05) is 0 Å². The zero-order chi connectivity index (χ0) is 12.2. The van der Waals surface area contributed by atoms with E-state index in [1.807, 2.05) is 26.8 Å². The fourth-order valence-corrected chi connectivity index (χ4v) is 2.78. The molecule has 90 valence electrons. The summed E-state index contributed by atoms with van der Waals surface area (Å²) in [4.78, 5) is 11.6. The topological polar surface area (TPSA) is 35.5 Å². The van der Waals surface area contributed by atoms with Crippen LogP contribution >= 0.6 is 0 Å². The lowest BCUT2D eigenvalue weighted by atomic mass is 9.85. The Balaban J connectivity index is 2.19. The van der Waals surface area contributed by atoms with Crippen molar-refractivity contribution in [2.45, 2.75) is 45.3 Å². The van der Waals surface area contributed by atoms with E-state index in [2.05, 4.69) is 6.07 Å². The maximum absolute atomic E-state index is 11.6. The predicted octanol–water partition coefficient (Wildman–Crippen LogP) is 2.70. The Kier molecular flexibility index (Phi) is 2.03. The van der Waals surface area contributed by atoms with Crippen LogP contribution in [0.5, 0.6) is 5.75 Å². The van der Waals surface area contributed by atoms with Gasteiger partial charge in [-0.3, -0.25) is 4.79 Å². The van der Waals surface area contributed by atoms with E-state index in [-0.39, 0.29) is 17.7 Å². The smallest absolute Gasteiger partial charge is 0.310 e. The van der Waals surface area contributed by atoms with Crippen molar-refractivity contribution in [3.63, 3.8) is 0 Å². The summed E-state index contributed by atoms with van der Waals surface area (Å²) in [5.74, 6) is 0.755. The first kappa shape index (κ1) is 10.6. The number of aryl methyl sites for hydroxylation is 1. The third-order valence-electron chi connectivity index (χ3n) is 3.37. The molecule has 0 bridgehead atoms. The van der Waals surface area contributed by atoms with Gasteiger partial charge < -0.3 is 9.47 Å². The minimum atomic E-state index is -0.277. The van der Waals surface area contributed by atoms with Crippen molar-refractivity contribution in [3.8, 4) is 5.75 Å². The number of rotatable bonds is 0. The Morgan fingerprint density at radius 2 is 2.12 bits per heavy atom. The molecule has 0 saturated heterocycles. The van der Waals surface area contributed by atoms with Crippen LogP contribution in [0.4, 0.5) is 0 Å². The molecule has 0 fully saturated rings. The van der Waals surface area contributed by atoms with E-state index in [4.69, 9.17) is 9.47 Å². The average Bonchev–Trinajstić information content (AvgIpc) is 2.12. The van der Waals surface area contributed by atoms with Gasteiger partial charge in [0.25, 0.3) is 0 Å². The van der Waals surface area contributed by atoms with E-state index in [0.29, 0.717) is 6.42 Å². The van der Waals surface area contributed by atoms with Crippen molar-refractivity contribution in [1.29, 1.82) is 0 Å². The van der Waals surface area contributed by atoms with Crippen LogP contribution in [0.15, 0.2) is 12.1 Å². The summed E-state index contributed by atoms with van der Waals surface area (Å²) in [6, 6.07) is 4.10. The van der Waals surface area contributed by atoms with E-state index >= 15 is 0 Å². The highest BCUT2D eigenvalue weighted by molar-refractivity contribution is 5.76. The lowest BCUT2D eigenvalue weighted by molar-refractivity contribution is -0.154. The van der Waals surface area contributed by atoms with E-state index in [1.165, 1.54) is 0 Å². The number of carbonyl (C=O) groups is 1. The first-order valence-electron chi connectivity index (χ1n) is 5.96. The molecule has 3 heteroatoms. The normalized spacial score (nSPS) is 24.6. The first-order chi connectivity index (χ1) is 7.94. The van der Waals surface area contributed by atoms with E-state index in [1.54, 1.807) is 0 Å². The number of carbonyl (C=O) groups excluding carboxylic acids is 1. The zero-order valence-corrected chi connectivity index (χ0v) is 10.4. The molecule has 0 aliphatic carbocycles. The molecule has 0 N–H and O–H groups in total. The van der Waals surface area contributed by atoms with Crippen molar-refractivity contribution in [1.82, 2.24) is 0 Å². The standard InChI is InChI=1S/C14H16O3/c1-8-4-9-6-12(15)16-11-7-14(2,3)17-10(5-8)13(9)11/h4-5,11H,6-7H2,1-3H3. The van der Waals surface area contributed by atoms with Gasteiger partial charge in [0, 0.05) is 12.0 Å². The summed E-state index contributed by atoms with van der Waals surface area (Å²) < 4.78 is 11.4. The van der Waals surface area contributed by atoms with Crippen molar-refractivity contribution >= 4 is 5.97 Å². The van der Waals surface area contributed by atoms with Gasteiger partial charge in [-0.15, -0.1) is 0 Å². The summed E-state index contributed by atoms with van der Waals surface area (Å²) in [5, 5.41) is 0. The molecule has 0 aromatic heterocycles. The van der Waals surface area contributed by atoms with Gasteiger partial charge in [0.1, 0.15) is 17.5 Å². The second-order valence-corrected chi connectivity index (χ2v) is 5.56. The summed E-state index contributed by atoms with van der Waals surface area (Å²) in [5.41, 5.74) is 3.00. The quantitative estimate of drug-likeness (QED) is 0.645. The van der Waals surface area contributed by atoms with Gasteiger partial charge in [0.2, 0.25) is 0 Å². The fraction of sp³-hybridized carbons (Fsp3) is 0.500. The van der Waals surface area contributed by atoms with Gasteiger partial charge in [0.05, 0.1) is 6.42 Å². The Hall–Kier alpha value is -1.51. The summed E-state index contributed by atoms with van der Waals surface area (Å²) >= 11 is 0. The predicted molar refractivity (Wildman–Crippen MR) is 63.0 cm³/mol. The van der Waals surface area contributed by atoms with Crippen LogP contribution in [-0.2, 0) is 16.0 Å². The van der Waals surface area contributed by atoms with Crippen molar-refractivity contribution in [3.05, 3.63) is 28.8 Å². The van der Waals surface area contributed by atoms with Crippen LogP contribution in [0.2, 0.25) is 0 Å². The fourth-order valence-electron chi connectivity index (χ4n) is 2.78. The number of benzene rings is 1. The highest BCUT2D eigenvalue weighted by Crippen LogP contribution is 2.45. The summed E-state index contributed by atoms with van der Waals surface area (Å²) in [6.45, 7) is 6.08.